The zero-order valence-corrected chi connectivity index (χ0v) is 16.8. The summed E-state index contributed by atoms with van der Waals surface area (Å²) in [5.74, 6) is 0. The van der Waals surface area contributed by atoms with Gasteiger partial charge in [0.15, 0.2) is 0 Å². The van der Waals surface area contributed by atoms with Crippen LogP contribution in [0.2, 0.25) is 6.04 Å². The third-order valence-electron chi connectivity index (χ3n) is 1.71. The summed E-state index contributed by atoms with van der Waals surface area (Å²) in [6.07, 6.45) is 8.76. The molecule has 0 atom stereocenters. The summed E-state index contributed by atoms with van der Waals surface area (Å²) in [5, 5.41) is 0. The Kier molecular flexibility index (Phi) is 26.7. The van der Waals surface area contributed by atoms with Crippen molar-refractivity contribution in [3.63, 3.8) is 0 Å². The first kappa shape index (κ1) is 16.8. The summed E-state index contributed by atoms with van der Waals surface area (Å²) in [5.41, 5.74) is 0. The fourth-order valence-corrected chi connectivity index (χ4v) is 1.53. The molecule has 0 spiro atoms. The molecule has 0 aliphatic carbocycles. The van der Waals surface area contributed by atoms with Crippen molar-refractivity contribution < 1.29 is 0 Å². The maximum atomic E-state index is 2.41. The van der Waals surface area contributed by atoms with E-state index in [4.69, 9.17) is 0 Å². The van der Waals surface area contributed by atoms with Crippen LogP contribution < -0.4 is 0 Å². The van der Waals surface area contributed by atoms with Crippen molar-refractivity contribution in [1.29, 1.82) is 0 Å². The fourth-order valence-electron chi connectivity index (χ4n) is 1.03. The molecule has 0 N–H and O–H groups in total. The molecule has 4 heteroatoms. The molecule has 0 rings (SSSR count). The average molecular weight is 526 g/mol. The molecule has 0 aliphatic rings. The molecule has 0 aromatic carbocycles. The van der Waals surface area contributed by atoms with Gasteiger partial charge in [0.1, 0.15) is 0 Å². The second-order valence-corrected chi connectivity index (χ2v) is 21.4. The molecule has 0 unspecified atom stereocenters. The van der Waals surface area contributed by atoms with Crippen molar-refractivity contribution >= 4 is 60.7 Å². The zero-order valence-electron chi connectivity index (χ0n) is 8.11. The van der Waals surface area contributed by atoms with Gasteiger partial charge in [0.25, 0.3) is 0 Å². The molecular formula is C8H21I3Si. The van der Waals surface area contributed by atoms with Gasteiger partial charge in [-0.3, -0.25) is 0 Å². The fraction of sp³-hybridized carbons (Fsp3) is 1.00. The van der Waals surface area contributed by atoms with E-state index in [1.807, 2.05) is 0 Å². The number of hydrogen-bond acceptors (Lipinski definition) is 0. The van der Waals surface area contributed by atoms with E-state index in [1.54, 1.807) is 0 Å². The summed E-state index contributed by atoms with van der Waals surface area (Å²) in [4.78, 5) is 0. The van der Waals surface area contributed by atoms with Gasteiger partial charge >= 0.3 is 50.5 Å². The third kappa shape index (κ3) is 22.8. The zero-order chi connectivity index (χ0) is 9.66. The number of unbranched alkanes of at least 4 members (excludes halogenated alkanes) is 5. The van der Waals surface area contributed by atoms with Crippen LogP contribution in [0.15, 0.2) is 0 Å². The van der Waals surface area contributed by atoms with Crippen LogP contribution in [0, 0.1) is 0 Å². The summed E-state index contributed by atoms with van der Waals surface area (Å²) in [6.45, 7) is 2.27. The molecule has 78 valence electrons. The van der Waals surface area contributed by atoms with E-state index in [9.17, 15) is 0 Å². The van der Waals surface area contributed by atoms with Crippen molar-refractivity contribution in [2.75, 3.05) is 0 Å². The van der Waals surface area contributed by atoms with E-state index in [-0.39, 0.29) is 0 Å². The Morgan fingerprint density at radius 3 is 1.83 bits per heavy atom. The molecule has 12 heavy (non-hydrogen) atoms. The van der Waals surface area contributed by atoms with Crippen molar-refractivity contribution in [3.8, 4) is 0 Å². The molecule has 0 bridgehead atoms. The van der Waals surface area contributed by atoms with Crippen LogP contribution in [0.25, 0.3) is 0 Å². The maximum absolute atomic E-state index is 2.41. The molecule has 0 saturated heterocycles. The Labute approximate surface area is 110 Å². The van der Waals surface area contributed by atoms with Crippen LogP contribution in [0.1, 0.15) is 45.4 Å². The molecule has 0 nitrogen and oxygen atoms in total. The van der Waals surface area contributed by atoms with Crippen LogP contribution in [-0.4, -0.2) is 10.2 Å². The minimum absolute atomic E-state index is 0.410. The predicted molar refractivity (Wildman–Crippen MR) is 91.6 cm³/mol. The van der Waals surface area contributed by atoms with E-state index in [2.05, 4.69) is 44.2 Å². The van der Waals surface area contributed by atoms with E-state index >= 15 is 0 Å². The van der Waals surface area contributed by atoms with Crippen molar-refractivity contribution in [1.82, 2.24) is 0 Å². The van der Waals surface area contributed by atoms with Gasteiger partial charge in [0, 0.05) is 10.2 Å². The number of halogens is 3. The Bertz CT molecular complexity index is 56.3. The first-order valence-corrected chi connectivity index (χ1v) is 19.7. The molecule has 0 aliphatic heterocycles. The van der Waals surface area contributed by atoms with Gasteiger partial charge in [-0.2, -0.15) is 0 Å². The summed E-state index contributed by atoms with van der Waals surface area (Å²) < 4.78 is 0. The Morgan fingerprint density at radius 2 is 1.42 bits per heavy atom. The SMILES string of the molecule is CCCCCCCC[SiH3].I[IH]I. The molecule has 0 aromatic heterocycles. The molecule has 0 radical (unpaired) electrons. The standard InChI is InChI=1S/C8H20Si.HI3/c1-2-3-4-5-6-7-8-9;1-3-2/h2-8H2,1,9H3;3H. The van der Waals surface area contributed by atoms with E-state index < -0.39 is 0 Å². The summed E-state index contributed by atoms with van der Waals surface area (Å²) in [7, 11) is 1.41. The Balaban J connectivity index is 0. The molecule has 0 fully saturated rings. The number of rotatable bonds is 6. The second kappa shape index (κ2) is 19.1. The van der Waals surface area contributed by atoms with Crippen molar-refractivity contribution in [2.45, 2.75) is 51.5 Å². The van der Waals surface area contributed by atoms with Gasteiger partial charge < -0.3 is 0 Å². The van der Waals surface area contributed by atoms with Gasteiger partial charge in [0.2, 0.25) is 0 Å². The molecular weight excluding hydrogens is 505 g/mol. The topological polar surface area (TPSA) is 0 Å². The third-order valence-corrected chi connectivity index (χ3v) is 2.41. The van der Waals surface area contributed by atoms with Crippen molar-refractivity contribution in [2.24, 2.45) is 0 Å². The van der Waals surface area contributed by atoms with Gasteiger partial charge in [-0.1, -0.05) is 51.5 Å². The monoisotopic (exact) mass is 526 g/mol. The van der Waals surface area contributed by atoms with Crippen LogP contribution in [0.4, 0.5) is 0 Å². The van der Waals surface area contributed by atoms with Gasteiger partial charge in [0.05, 0.1) is 0 Å². The van der Waals surface area contributed by atoms with Crippen LogP contribution in [-0.2, 0) is 0 Å². The van der Waals surface area contributed by atoms with Gasteiger partial charge in [-0.15, -0.1) is 0 Å². The quantitative estimate of drug-likeness (QED) is 0.272. The van der Waals surface area contributed by atoms with Crippen LogP contribution in [0.3, 0.4) is 0 Å². The van der Waals surface area contributed by atoms with Gasteiger partial charge in [-0.05, 0) is 0 Å². The summed E-state index contributed by atoms with van der Waals surface area (Å²) >= 11 is 5.22. The molecule has 0 aromatic rings. The normalized spacial score (nSPS) is 9.58. The average Bonchev–Trinajstić information content (AvgIpc) is 2.06. The van der Waals surface area contributed by atoms with Crippen molar-refractivity contribution in [3.05, 3.63) is 0 Å². The molecule has 0 amide bonds. The van der Waals surface area contributed by atoms with E-state index in [0.29, 0.717) is 13.3 Å². The van der Waals surface area contributed by atoms with Crippen LogP contribution in [0.5, 0.6) is 0 Å². The summed E-state index contributed by atoms with van der Waals surface area (Å²) in [6, 6.07) is 1.51. The second-order valence-electron chi connectivity index (χ2n) is 2.83. The molecule has 0 saturated carbocycles. The Hall–Kier alpha value is 2.41. The first-order chi connectivity index (χ1) is 5.83. The first-order valence-electron chi connectivity index (χ1n) is 4.72. The number of hydrogen-bond donors (Lipinski definition) is 0. The van der Waals surface area contributed by atoms with Crippen LogP contribution >= 0.6 is 50.5 Å². The van der Waals surface area contributed by atoms with Gasteiger partial charge in [-0.25, -0.2) is 0 Å². The van der Waals surface area contributed by atoms with E-state index in [1.165, 1.54) is 54.8 Å². The molecule has 0 heterocycles. The van der Waals surface area contributed by atoms with E-state index in [0.717, 1.165) is 0 Å². The Morgan fingerprint density at radius 1 is 1.00 bits per heavy atom. The minimum atomic E-state index is 0.410. The predicted octanol–water partition coefficient (Wildman–Crippen LogP) is 4.52.